The number of carbonyl (C=O) groups excluding carboxylic acids is 1. The number of hydrogen-bond acceptors (Lipinski definition) is 6. The minimum absolute atomic E-state index is 0.135. The van der Waals surface area contributed by atoms with Crippen molar-refractivity contribution in [1.29, 1.82) is 0 Å². The van der Waals surface area contributed by atoms with E-state index in [0.717, 1.165) is 11.5 Å². The summed E-state index contributed by atoms with van der Waals surface area (Å²) in [6.07, 6.45) is 1.31. The Kier molecular flexibility index (Phi) is 3.87. The van der Waals surface area contributed by atoms with Crippen molar-refractivity contribution >= 4 is 17.6 Å². The van der Waals surface area contributed by atoms with Crippen LogP contribution in [0.15, 0.2) is 12.4 Å². The predicted octanol–water partition coefficient (Wildman–Crippen LogP) is 1.21. The summed E-state index contributed by atoms with van der Waals surface area (Å²) in [6, 6.07) is 1.44. The molecule has 2 heterocycles. The van der Waals surface area contributed by atoms with Gasteiger partial charge in [-0.15, -0.1) is 0 Å². The van der Waals surface area contributed by atoms with Crippen LogP contribution in [-0.4, -0.2) is 44.7 Å². The number of anilines is 1. The monoisotopic (exact) mass is 277 g/mol. The van der Waals surface area contributed by atoms with Crippen molar-refractivity contribution in [2.45, 2.75) is 39.8 Å². The minimum atomic E-state index is -0.424. The number of nitrogens with zero attached hydrogens (tertiary/aromatic N) is 5. The molecular weight excluding hydrogens is 258 g/mol. The van der Waals surface area contributed by atoms with Crippen molar-refractivity contribution in [3.05, 3.63) is 18.1 Å². The number of carbonyl (C=O) groups is 1. The van der Waals surface area contributed by atoms with E-state index in [9.17, 15) is 4.79 Å². The Morgan fingerprint density at radius 2 is 2.10 bits per heavy atom. The van der Waals surface area contributed by atoms with Gasteiger partial charge in [0.1, 0.15) is 18.2 Å². The van der Waals surface area contributed by atoms with Crippen molar-refractivity contribution in [3.63, 3.8) is 0 Å². The number of aryl methyl sites for hydroxylation is 1. The number of rotatable bonds is 4. The molecule has 20 heavy (non-hydrogen) atoms. The summed E-state index contributed by atoms with van der Waals surface area (Å²) in [5.41, 5.74) is 0.816. The molecule has 0 aliphatic carbocycles. The van der Waals surface area contributed by atoms with Crippen LogP contribution in [-0.2, 0) is 9.53 Å². The summed E-state index contributed by atoms with van der Waals surface area (Å²) in [5.74, 6) is 0.986. The summed E-state index contributed by atoms with van der Waals surface area (Å²) >= 11 is 0. The predicted molar refractivity (Wildman–Crippen MR) is 74.6 cm³/mol. The Labute approximate surface area is 117 Å². The van der Waals surface area contributed by atoms with Gasteiger partial charge in [-0.2, -0.15) is 14.6 Å². The molecule has 7 heteroatoms. The van der Waals surface area contributed by atoms with Crippen LogP contribution in [0.1, 0.15) is 26.5 Å². The second-order valence-corrected chi connectivity index (χ2v) is 5.00. The molecular formula is C13H19N5O2. The number of fused-ring (bicyclic) bond motifs is 1. The van der Waals surface area contributed by atoms with Crippen molar-refractivity contribution in [3.8, 4) is 0 Å². The second kappa shape index (κ2) is 5.44. The molecule has 2 rings (SSSR count). The number of esters is 1. The highest BCUT2D eigenvalue weighted by atomic mass is 16.5. The summed E-state index contributed by atoms with van der Waals surface area (Å²) in [6.45, 7) is 7.33. The van der Waals surface area contributed by atoms with Crippen molar-refractivity contribution in [1.82, 2.24) is 19.6 Å². The molecule has 0 aliphatic rings. The smallest absolute Gasteiger partial charge is 0.328 e. The molecule has 0 spiro atoms. The third kappa shape index (κ3) is 2.71. The van der Waals surface area contributed by atoms with Gasteiger partial charge in [-0.1, -0.05) is 0 Å². The molecule has 2 aromatic rings. The minimum Gasteiger partial charge on any atom is -0.461 e. The number of hydrogen-bond donors (Lipinski definition) is 0. The lowest BCUT2D eigenvalue weighted by molar-refractivity contribution is -0.148. The van der Waals surface area contributed by atoms with Crippen molar-refractivity contribution in [2.75, 3.05) is 11.9 Å². The average molecular weight is 277 g/mol. The van der Waals surface area contributed by atoms with E-state index >= 15 is 0 Å². The van der Waals surface area contributed by atoms with E-state index in [4.69, 9.17) is 4.74 Å². The first kappa shape index (κ1) is 14.2. The maximum absolute atomic E-state index is 12.0. The first-order valence-electron chi connectivity index (χ1n) is 6.51. The van der Waals surface area contributed by atoms with Crippen LogP contribution in [0, 0.1) is 6.92 Å². The normalized spacial score (nSPS) is 12.7. The third-order valence-corrected chi connectivity index (χ3v) is 3.00. The second-order valence-electron chi connectivity index (χ2n) is 5.00. The van der Waals surface area contributed by atoms with Gasteiger partial charge >= 0.3 is 5.97 Å². The van der Waals surface area contributed by atoms with Crippen molar-refractivity contribution in [2.24, 2.45) is 0 Å². The number of aromatic nitrogens is 4. The largest absolute Gasteiger partial charge is 0.461 e. The molecule has 0 radical (unpaired) electrons. The first-order chi connectivity index (χ1) is 9.40. The molecule has 0 bridgehead atoms. The Bertz CT molecular complexity index is 622. The SMILES string of the molecule is Cc1cc(N(C)C(C)C(=O)OC(C)C)n2ncnc2n1. The van der Waals surface area contributed by atoms with E-state index in [2.05, 4.69) is 15.1 Å². The fourth-order valence-electron chi connectivity index (χ4n) is 1.85. The molecule has 0 saturated heterocycles. The zero-order chi connectivity index (χ0) is 14.9. The fourth-order valence-corrected chi connectivity index (χ4v) is 1.85. The molecule has 2 aromatic heterocycles. The highest BCUT2D eigenvalue weighted by Crippen LogP contribution is 2.17. The van der Waals surface area contributed by atoms with Crippen LogP contribution in [0.4, 0.5) is 5.82 Å². The Morgan fingerprint density at radius 1 is 1.40 bits per heavy atom. The molecule has 0 aliphatic heterocycles. The first-order valence-corrected chi connectivity index (χ1v) is 6.51. The summed E-state index contributed by atoms with van der Waals surface area (Å²) < 4.78 is 6.84. The van der Waals surface area contributed by atoms with Gasteiger partial charge in [-0.3, -0.25) is 0 Å². The molecule has 7 nitrogen and oxygen atoms in total. The number of likely N-dealkylation sites (N-methyl/N-ethyl adjacent to an activating group) is 1. The van der Waals surface area contributed by atoms with E-state index in [1.165, 1.54) is 6.33 Å². The van der Waals surface area contributed by atoms with Gasteiger partial charge in [0, 0.05) is 18.8 Å². The highest BCUT2D eigenvalue weighted by Gasteiger charge is 2.23. The maximum atomic E-state index is 12.0. The van der Waals surface area contributed by atoms with E-state index < -0.39 is 6.04 Å². The zero-order valence-corrected chi connectivity index (χ0v) is 12.4. The Morgan fingerprint density at radius 3 is 2.75 bits per heavy atom. The summed E-state index contributed by atoms with van der Waals surface area (Å²) in [7, 11) is 1.82. The van der Waals surface area contributed by atoms with Gasteiger partial charge in [0.25, 0.3) is 5.78 Å². The lowest BCUT2D eigenvalue weighted by atomic mass is 10.3. The molecule has 1 atom stereocenters. The quantitative estimate of drug-likeness (QED) is 0.782. The van der Waals surface area contributed by atoms with Crippen LogP contribution in [0.5, 0.6) is 0 Å². The number of ether oxygens (including phenoxy) is 1. The fraction of sp³-hybridized carbons (Fsp3) is 0.538. The Balaban J connectivity index is 2.33. The molecule has 0 N–H and O–H groups in total. The summed E-state index contributed by atoms with van der Waals surface area (Å²) in [5, 5.41) is 4.13. The van der Waals surface area contributed by atoms with Crippen LogP contribution in [0.25, 0.3) is 5.78 Å². The molecule has 0 fully saturated rings. The standard InChI is InChI=1S/C13H19N5O2/c1-8(2)20-12(19)10(4)17(5)11-6-9(3)16-13-14-7-15-18(11)13/h6-8,10H,1-5H3. The van der Waals surface area contributed by atoms with E-state index in [1.807, 2.05) is 33.9 Å². The van der Waals surface area contributed by atoms with E-state index in [-0.39, 0.29) is 12.1 Å². The lowest BCUT2D eigenvalue weighted by Crippen LogP contribution is -2.39. The van der Waals surface area contributed by atoms with Crippen LogP contribution < -0.4 is 4.90 Å². The van der Waals surface area contributed by atoms with Crippen LogP contribution in [0.2, 0.25) is 0 Å². The molecule has 0 amide bonds. The van der Waals surface area contributed by atoms with Gasteiger partial charge in [0.05, 0.1) is 6.10 Å². The van der Waals surface area contributed by atoms with E-state index in [0.29, 0.717) is 5.78 Å². The molecule has 0 aromatic carbocycles. The van der Waals surface area contributed by atoms with Gasteiger partial charge in [-0.05, 0) is 27.7 Å². The third-order valence-electron chi connectivity index (χ3n) is 3.00. The van der Waals surface area contributed by atoms with Crippen LogP contribution in [0.3, 0.4) is 0 Å². The van der Waals surface area contributed by atoms with Gasteiger partial charge < -0.3 is 9.64 Å². The van der Waals surface area contributed by atoms with Gasteiger partial charge in [-0.25, -0.2) is 9.78 Å². The van der Waals surface area contributed by atoms with Crippen LogP contribution >= 0.6 is 0 Å². The van der Waals surface area contributed by atoms with E-state index in [1.54, 1.807) is 16.3 Å². The van der Waals surface area contributed by atoms with Gasteiger partial charge in [0.2, 0.25) is 0 Å². The maximum Gasteiger partial charge on any atom is 0.328 e. The highest BCUT2D eigenvalue weighted by molar-refractivity contribution is 5.79. The molecule has 0 saturated carbocycles. The average Bonchev–Trinajstić information content (AvgIpc) is 2.83. The lowest BCUT2D eigenvalue weighted by Gasteiger charge is -2.26. The summed E-state index contributed by atoms with van der Waals surface area (Å²) in [4.78, 5) is 22.2. The molecule has 108 valence electrons. The Hall–Kier alpha value is -2.18. The zero-order valence-electron chi connectivity index (χ0n) is 12.4. The molecule has 1 unspecified atom stereocenters. The van der Waals surface area contributed by atoms with Crippen molar-refractivity contribution < 1.29 is 9.53 Å². The van der Waals surface area contributed by atoms with Gasteiger partial charge in [0.15, 0.2) is 0 Å². The topological polar surface area (TPSA) is 72.6 Å².